The summed E-state index contributed by atoms with van der Waals surface area (Å²) in [6, 6.07) is 15.4. The van der Waals surface area contributed by atoms with Gasteiger partial charge in [-0.15, -0.1) is 0 Å². The molecular weight excluding hydrogens is 364 g/mol. The maximum absolute atomic E-state index is 13.2. The van der Waals surface area contributed by atoms with E-state index < -0.39 is 0 Å². The molecule has 3 heterocycles. The van der Waals surface area contributed by atoms with Crippen molar-refractivity contribution in [2.24, 2.45) is 7.05 Å². The summed E-state index contributed by atoms with van der Waals surface area (Å²) in [6.07, 6.45) is 5.04. The van der Waals surface area contributed by atoms with Gasteiger partial charge in [0.2, 0.25) is 0 Å². The van der Waals surface area contributed by atoms with E-state index in [1.165, 1.54) is 0 Å². The molecule has 5 rings (SSSR count). The lowest BCUT2D eigenvalue weighted by Crippen LogP contribution is -2.21. The number of rotatable bonds is 2. The number of aryl methyl sites for hydroxylation is 2. The van der Waals surface area contributed by atoms with E-state index in [1.54, 1.807) is 47.0 Å². The molecule has 0 bridgehead atoms. The van der Waals surface area contributed by atoms with Crippen LogP contribution in [0.3, 0.4) is 0 Å². The van der Waals surface area contributed by atoms with Crippen LogP contribution in [0, 0.1) is 18.3 Å². The van der Waals surface area contributed by atoms with Crippen molar-refractivity contribution in [2.75, 3.05) is 0 Å². The molecule has 0 radical (unpaired) electrons. The smallest absolute Gasteiger partial charge is 0.333 e. The summed E-state index contributed by atoms with van der Waals surface area (Å²) in [4.78, 5) is 17.7. The fourth-order valence-electron chi connectivity index (χ4n) is 3.75. The number of nitriles is 1. The van der Waals surface area contributed by atoms with Crippen LogP contribution in [0.15, 0.2) is 70.4 Å². The van der Waals surface area contributed by atoms with Gasteiger partial charge in [0.15, 0.2) is 0 Å². The average Bonchev–Trinajstić information content (AvgIpc) is 3.36. The lowest BCUT2D eigenvalue weighted by atomic mass is 10.0. The molecule has 0 saturated heterocycles. The lowest BCUT2D eigenvalue weighted by molar-refractivity contribution is 0.568. The summed E-state index contributed by atoms with van der Waals surface area (Å²) in [5.74, 6) is 0. The first-order valence-corrected chi connectivity index (χ1v) is 9.12. The van der Waals surface area contributed by atoms with E-state index in [-0.39, 0.29) is 5.69 Å². The van der Waals surface area contributed by atoms with Crippen LogP contribution < -0.4 is 5.69 Å². The minimum absolute atomic E-state index is 0.179. The van der Waals surface area contributed by atoms with E-state index in [2.05, 4.69) is 11.1 Å². The summed E-state index contributed by atoms with van der Waals surface area (Å²) in [7, 11) is 1.73. The fraction of sp³-hybridized carbons (Fsp3) is 0.0870. The summed E-state index contributed by atoms with van der Waals surface area (Å²) in [6.45, 7) is 1.93. The van der Waals surface area contributed by atoms with Crippen molar-refractivity contribution in [3.8, 4) is 22.9 Å². The number of hydrogen-bond acceptors (Lipinski definition) is 4. The van der Waals surface area contributed by atoms with E-state index in [0.717, 1.165) is 38.6 Å². The second kappa shape index (κ2) is 6.21. The molecule has 0 aliphatic carbocycles. The third kappa shape index (κ3) is 2.48. The third-order valence-corrected chi connectivity index (χ3v) is 5.32. The molecule has 3 aromatic heterocycles. The first-order valence-electron chi connectivity index (χ1n) is 9.12. The van der Waals surface area contributed by atoms with Crippen molar-refractivity contribution in [2.45, 2.75) is 6.92 Å². The second-order valence-corrected chi connectivity index (χ2v) is 7.03. The Morgan fingerprint density at radius 1 is 1.10 bits per heavy atom. The molecule has 6 nitrogen and oxygen atoms in total. The lowest BCUT2D eigenvalue weighted by Gasteiger charge is -2.10. The van der Waals surface area contributed by atoms with Crippen molar-refractivity contribution in [1.82, 2.24) is 14.1 Å². The van der Waals surface area contributed by atoms with Crippen LogP contribution in [0.25, 0.3) is 38.8 Å². The van der Waals surface area contributed by atoms with E-state index in [0.29, 0.717) is 11.3 Å². The highest BCUT2D eigenvalue weighted by atomic mass is 16.3. The molecule has 0 spiro atoms. The largest absolute Gasteiger partial charge is 0.472 e. The van der Waals surface area contributed by atoms with Crippen LogP contribution in [0.5, 0.6) is 0 Å². The zero-order valence-electron chi connectivity index (χ0n) is 15.9. The number of fused-ring (bicyclic) bond motifs is 3. The Kier molecular flexibility index (Phi) is 3.65. The highest BCUT2D eigenvalue weighted by molar-refractivity contribution is 6.04. The molecule has 0 atom stereocenters. The number of benzene rings is 2. The highest BCUT2D eigenvalue weighted by Gasteiger charge is 2.18. The molecule has 0 unspecified atom stereocenters. The maximum atomic E-state index is 13.2. The molecule has 0 saturated carbocycles. The summed E-state index contributed by atoms with van der Waals surface area (Å²) < 4.78 is 8.48. The SMILES string of the molecule is Cc1ccc(C#N)cc1-n1c(=O)n(C)c2cnc3ccc(-c4ccoc4)cc3c21. The summed E-state index contributed by atoms with van der Waals surface area (Å²) >= 11 is 0. The van der Waals surface area contributed by atoms with E-state index in [4.69, 9.17) is 4.42 Å². The number of hydrogen-bond donors (Lipinski definition) is 0. The number of imidazole rings is 1. The Bertz CT molecular complexity index is 1500. The standard InChI is InChI=1S/C23H16N4O2/c1-14-3-4-15(11-24)9-20(14)27-22-18-10-16(17-7-8-29-13-17)5-6-19(18)25-12-21(22)26(2)23(27)28/h3-10,12-13H,1-2H3. The zero-order chi connectivity index (χ0) is 20.1. The summed E-state index contributed by atoms with van der Waals surface area (Å²) in [5, 5.41) is 10.2. The Morgan fingerprint density at radius 3 is 2.72 bits per heavy atom. The van der Waals surface area contributed by atoms with Gasteiger partial charge in [0.05, 0.1) is 52.6 Å². The average molecular weight is 380 g/mol. The Hall–Kier alpha value is -4.11. The van der Waals surface area contributed by atoms with Crippen molar-refractivity contribution in [1.29, 1.82) is 5.26 Å². The number of furan rings is 1. The van der Waals surface area contributed by atoms with Crippen LogP contribution in [0.4, 0.5) is 0 Å². The second-order valence-electron chi connectivity index (χ2n) is 7.03. The summed E-state index contributed by atoms with van der Waals surface area (Å²) in [5.41, 5.74) is 6.16. The molecular formula is C23H16N4O2. The zero-order valence-corrected chi connectivity index (χ0v) is 15.9. The van der Waals surface area contributed by atoms with E-state index in [1.807, 2.05) is 37.3 Å². The molecule has 0 N–H and O–H groups in total. The van der Waals surface area contributed by atoms with Gasteiger partial charge >= 0.3 is 5.69 Å². The minimum Gasteiger partial charge on any atom is -0.472 e. The fourth-order valence-corrected chi connectivity index (χ4v) is 3.75. The normalized spacial score (nSPS) is 11.2. The minimum atomic E-state index is -0.179. The van der Waals surface area contributed by atoms with Crippen LogP contribution in [-0.2, 0) is 7.05 Å². The molecule has 2 aromatic carbocycles. The van der Waals surface area contributed by atoms with Crippen molar-refractivity contribution in [3.63, 3.8) is 0 Å². The third-order valence-electron chi connectivity index (χ3n) is 5.32. The predicted molar refractivity (Wildman–Crippen MR) is 111 cm³/mol. The number of pyridine rings is 1. The predicted octanol–water partition coefficient (Wildman–Crippen LogP) is 4.32. The Morgan fingerprint density at radius 2 is 1.97 bits per heavy atom. The Balaban J connectivity index is 1.94. The molecule has 6 heteroatoms. The number of nitrogens with zero attached hydrogens (tertiary/aromatic N) is 4. The molecule has 0 fully saturated rings. The molecule has 0 aliphatic rings. The molecule has 5 aromatic rings. The molecule has 140 valence electrons. The Labute approximate surface area is 165 Å². The highest BCUT2D eigenvalue weighted by Crippen LogP contribution is 2.30. The van der Waals surface area contributed by atoms with Crippen LogP contribution in [0.2, 0.25) is 0 Å². The van der Waals surface area contributed by atoms with Crippen molar-refractivity contribution >= 4 is 21.9 Å². The first-order chi connectivity index (χ1) is 14.1. The van der Waals surface area contributed by atoms with E-state index >= 15 is 0 Å². The van der Waals surface area contributed by atoms with Crippen molar-refractivity contribution in [3.05, 3.63) is 82.8 Å². The first kappa shape index (κ1) is 17.0. The van der Waals surface area contributed by atoms with Gasteiger partial charge in [-0.3, -0.25) is 14.1 Å². The molecule has 0 amide bonds. The number of aromatic nitrogens is 3. The molecule has 29 heavy (non-hydrogen) atoms. The van der Waals surface area contributed by atoms with Gasteiger partial charge < -0.3 is 4.42 Å². The van der Waals surface area contributed by atoms with E-state index in [9.17, 15) is 10.1 Å². The van der Waals surface area contributed by atoms with Gasteiger partial charge in [-0.25, -0.2) is 4.79 Å². The van der Waals surface area contributed by atoms with Gasteiger partial charge in [-0.05, 0) is 48.4 Å². The van der Waals surface area contributed by atoms with Gasteiger partial charge in [0, 0.05) is 18.0 Å². The maximum Gasteiger partial charge on any atom is 0.333 e. The van der Waals surface area contributed by atoms with Gasteiger partial charge in [-0.1, -0.05) is 12.1 Å². The van der Waals surface area contributed by atoms with Gasteiger partial charge in [-0.2, -0.15) is 5.26 Å². The van der Waals surface area contributed by atoms with Crippen LogP contribution in [0.1, 0.15) is 11.1 Å². The van der Waals surface area contributed by atoms with Crippen LogP contribution >= 0.6 is 0 Å². The van der Waals surface area contributed by atoms with Gasteiger partial charge in [0.25, 0.3) is 0 Å². The van der Waals surface area contributed by atoms with Gasteiger partial charge in [0.1, 0.15) is 0 Å². The van der Waals surface area contributed by atoms with Crippen molar-refractivity contribution < 1.29 is 4.42 Å². The topological polar surface area (TPSA) is 76.8 Å². The monoisotopic (exact) mass is 380 g/mol. The molecule has 0 aliphatic heterocycles. The van der Waals surface area contributed by atoms with Crippen LogP contribution in [-0.4, -0.2) is 14.1 Å². The quantitative estimate of drug-likeness (QED) is 0.457.